The van der Waals surface area contributed by atoms with Crippen LogP contribution in [0.3, 0.4) is 0 Å². The second-order valence-electron chi connectivity index (χ2n) is 7.54. The van der Waals surface area contributed by atoms with E-state index in [1.54, 1.807) is 13.0 Å². The van der Waals surface area contributed by atoms with Crippen LogP contribution < -0.4 is 10.1 Å². The number of amides is 1. The highest BCUT2D eigenvalue weighted by Crippen LogP contribution is 2.22. The highest BCUT2D eigenvalue weighted by atomic mass is 16.5. The van der Waals surface area contributed by atoms with E-state index < -0.39 is 11.9 Å². The van der Waals surface area contributed by atoms with Gasteiger partial charge in [0, 0.05) is 6.08 Å². The lowest BCUT2D eigenvalue weighted by Crippen LogP contribution is -2.16. The molecule has 0 saturated heterocycles. The molecule has 1 N–H and O–H groups in total. The van der Waals surface area contributed by atoms with E-state index in [1.807, 2.05) is 84.9 Å². The lowest BCUT2D eigenvalue weighted by atomic mass is 10.2. The van der Waals surface area contributed by atoms with E-state index in [9.17, 15) is 9.59 Å². The van der Waals surface area contributed by atoms with Gasteiger partial charge in [-0.15, -0.1) is 0 Å². The lowest BCUT2D eigenvalue weighted by Gasteiger charge is -2.10. The molecule has 1 aromatic heterocycles. The minimum Gasteiger partial charge on any atom is -0.489 e. The Morgan fingerprint density at radius 2 is 1.63 bits per heavy atom. The molecule has 0 bridgehead atoms. The van der Waals surface area contributed by atoms with Gasteiger partial charge in [-0.1, -0.05) is 60.7 Å². The van der Waals surface area contributed by atoms with Crippen molar-refractivity contribution in [3.8, 4) is 11.4 Å². The van der Waals surface area contributed by atoms with Gasteiger partial charge in [-0.2, -0.15) is 5.10 Å². The highest BCUT2D eigenvalue weighted by molar-refractivity contribution is 6.05. The number of anilines is 1. The minimum absolute atomic E-state index is 0.178. The standard InChI is InChI=1S/C28H25N3O4/c1-2-34-28(33)25-19-29-31(23-11-7-4-8-12-23)27(25)30-26(32)18-15-21-13-16-24(17-14-21)35-20-22-9-5-3-6-10-22/h3-19H,2,20H2,1H3,(H,30,32)/b18-15+. The van der Waals surface area contributed by atoms with Crippen LogP contribution in [0.2, 0.25) is 0 Å². The molecule has 0 unspecified atom stereocenters. The molecule has 0 radical (unpaired) electrons. The molecule has 0 fully saturated rings. The summed E-state index contributed by atoms with van der Waals surface area (Å²) in [5.74, 6) is 0.0212. The molecule has 7 heteroatoms. The number of rotatable bonds is 9. The zero-order chi connectivity index (χ0) is 24.5. The zero-order valence-corrected chi connectivity index (χ0v) is 19.3. The van der Waals surface area contributed by atoms with Crippen molar-refractivity contribution in [2.75, 3.05) is 11.9 Å². The molecule has 35 heavy (non-hydrogen) atoms. The number of benzene rings is 3. The molecule has 7 nitrogen and oxygen atoms in total. The van der Waals surface area contributed by atoms with Gasteiger partial charge in [0.15, 0.2) is 5.82 Å². The van der Waals surface area contributed by atoms with E-state index in [4.69, 9.17) is 9.47 Å². The first-order valence-corrected chi connectivity index (χ1v) is 11.2. The summed E-state index contributed by atoms with van der Waals surface area (Å²) in [7, 11) is 0. The van der Waals surface area contributed by atoms with E-state index in [2.05, 4.69) is 10.4 Å². The van der Waals surface area contributed by atoms with Gasteiger partial charge in [-0.05, 0) is 48.4 Å². The van der Waals surface area contributed by atoms with Gasteiger partial charge < -0.3 is 14.8 Å². The van der Waals surface area contributed by atoms with E-state index in [0.29, 0.717) is 12.3 Å². The third kappa shape index (κ3) is 6.23. The predicted octanol–water partition coefficient (Wildman–Crippen LogP) is 5.28. The molecule has 3 aromatic carbocycles. The summed E-state index contributed by atoms with van der Waals surface area (Å²) in [6, 6.07) is 26.6. The molecule has 0 spiro atoms. The third-order valence-electron chi connectivity index (χ3n) is 5.06. The van der Waals surface area contributed by atoms with Crippen LogP contribution in [0.25, 0.3) is 11.8 Å². The van der Waals surface area contributed by atoms with Crippen molar-refractivity contribution in [1.82, 2.24) is 9.78 Å². The Hall–Kier alpha value is -4.65. The number of nitrogens with one attached hydrogen (secondary N) is 1. The van der Waals surface area contributed by atoms with Crippen LogP contribution in [0.4, 0.5) is 5.82 Å². The molecule has 0 aliphatic rings. The van der Waals surface area contributed by atoms with Gasteiger partial charge in [0.1, 0.15) is 17.9 Å². The van der Waals surface area contributed by atoms with Gasteiger partial charge in [-0.25, -0.2) is 9.48 Å². The van der Waals surface area contributed by atoms with E-state index in [-0.39, 0.29) is 18.0 Å². The van der Waals surface area contributed by atoms with Crippen LogP contribution in [0, 0.1) is 0 Å². The average molecular weight is 468 g/mol. The van der Waals surface area contributed by atoms with Gasteiger partial charge in [0.25, 0.3) is 0 Å². The van der Waals surface area contributed by atoms with E-state index in [1.165, 1.54) is 17.0 Å². The molecule has 176 valence electrons. The molecule has 0 atom stereocenters. The van der Waals surface area contributed by atoms with Gasteiger partial charge in [-0.3, -0.25) is 4.79 Å². The Morgan fingerprint density at radius 3 is 2.31 bits per heavy atom. The molecule has 0 aliphatic carbocycles. The normalized spacial score (nSPS) is 10.8. The second kappa shape index (κ2) is 11.5. The van der Waals surface area contributed by atoms with Gasteiger partial charge in [0.05, 0.1) is 18.5 Å². The Bertz CT molecular complexity index is 1300. The molecule has 1 heterocycles. The first-order valence-electron chi connectivity index (χ1n) is 11.2. The summed E-state index contributed by atoms with van der Waals surface area (Å²) in [5, 5.41) is 7.04. The van der Waals surface area contributed by atoms with E-state index >= 15 is 0 Å². The number of carbonyl (C=O) groups is 2. The quantitative estimate of drug-likeness (QED) is 0.268. The Labute approximate surface area is 203 Å². The van der Waals surface area contributed by atoms with Crippen LogP contribution >= 0.6 is 0 Å². The van der Waals surface area contributed by atoms with Crippen LogP contribution in [-0.2, 0) is 16.1 Å². The van der Waals surface area contributed by atoms with Crippen molar-refractivity contribution in [3.05, 3.63) is 114 Å². The Balaban J connectivity index is 1.44. The molecule has 4 aromatic rings. The van der Waals surface area contributed by atoms with Gasteiger partial charge >= 0.3 is 5.97 Å². The minimum atomic E-state index is -0.556. The van der Waals surface area contributed by atoms with Crippen LogP contribution in [0.15, 0.2) is 97.2 Å². The number of ether oxygens (including phenoxy) is 2. The fourth-order valence-corrected chi connectivity index (χ4v) is 3.34. The Morgan fingerprint density at radius 1 is 0.943 bits per heavy atom. The Kier molecular flexibility index (Phi) is 7.70. The first kappa shape index (κ1) is 23.5. The van der Waals surface area contributed by atoms with Crippen LogP contribution in [0.1, 0.15) is 28.4 Å². The lowest BCUT2D eigenvalue weighted by molar-refractivity contribution is -0.111. The van der Waals surface area contributed by atoms with Crippen molar-refractivity contribution < 1.29 is 19.1 Å². The zero-order valence-electron chi connectivity index (χ0n) is 19.3. The fraction of sp³-hybridized carbons (Fsp3) is 0.107. The summed E-state index contributed by atoms with van der Waals surface area (Å²) in [4.78, 5) is 25.1. The smallest absolute Gasteiger partial charge is 0.343 e. The number of esters is 1. The summed E-state index contributed by atoms with van der Waals surface area (Å²) >= 11 is 0. The second-order valence-corrected chi connectivity index (χ2v) is 7.54. The fourth-order valence-electron chi connectivity index (χ4n) is 3.34. The van der Waals surface area contributed by atoms with Crippen molar-refractivity contribution in [2.45, 2.75) is 13.5 Å². The maximum Gasteiger partial charge on any atom is 0.343 e. The predicted molar refractivity (Wildman–Crippen MR) is 134 cm³/mol. The number of nitrogens with zero attached hydrogens (tertiary/aromatic N) is 2. The van der Waals surface area contributed by atoms with Crippen molar-refractivity contribution in [2.24, 2.45) is 0 Å². The van der Waals surface area contributed by atoms with Crippen LogP contribution in [-0.4, -0.2) is 28.3 Å². The highest BCUT2D eigenvalue weighted by Gasteiger charge is 2.20. The number of para-hydroxylation sites is 1. The maximum absolute atomic E-state index is 12.7. The average Bonchev–Trinajstić information content (AvgIpc) is 3.31. The number of hydrogen-bond acceptors (Lipinski definition) is 5. The summed E-state index contributed by atoms with van der Waals surface area (Å²) < 4.78 is 12.4. The molecular weight excluding hydrogens is 442 g/mol. The molecular formula is C28H25N3O4. The summed E-state index contributed by atoms with van der Waals surface area (Å²) in [6.07, 6.45) is 4.47. The topological polar surface area (TPSA) is 82.5 Å². The molecule has 0 saturated carbocycles. The van der Waals surface area contributed by atoms with Crippen molar-refractivity contribution in [1.29, 1.82) is 0 Å². The van der Waals surface area contributed by atoms with Gasteiger partial charge in [0.2, 0.25) is 5.91 Å². The monoisotopic (exact) mass is 467 g/mol. The van der Waals surface area contributed by atoms with Crippen LogP contribution in [0.5, 0.6) is 5.75 Å². The first-order chi connectivity index (χ1) is 17.1. The summed E-state index contributed by atoms with van der Waals surface area (Å²) in [6.45, 7) is 2.42. The number of hydrogen-bond donors (Lipinski definition) is 1. The number of carbonyl (C=O) groups excluding carboxylic acids is 2. The van der Waals surface area contributed by atoms with E-state index in [0.717, 1.165) is 16.9 Å². The third-order valence-corrected chi connectivity index (χ3v) is 5.06. The molecule has 1 amide bonds. The van der Waals surface area contributed by atoms with Crippen molar-refractivity contribution >= 4 is 23.8 Å². The number of aromatic nitrogens is 2. The SMILES string of the molecule is CCOC(=O)c1cnn(-c2ccccc2)c1NC(=O)/C=C/c1ccc(OCc2ccccc2)cc1. The molecule has 4 rings (SSSR count). The van der Waals surface area contributed by atoms with Crippen molar-refractivity contribution in [3.63, 3.8) is 0 Å². The largest absolute Gasteiger partial charge is 0.489 e. The maximum atomic E-state index is 12.7. The summed E-state index contributed by atoms with van der Waals surface area (Å²) in [5.41, 5.74) is 2.80. The molecule has 0 aliphatic heterocycles.